The SMILES string of the molecule is C[C@H]1c2c(cc(F)c(Cl)c2-c2c(C(N)=O)ccc(OCCO)c2F)O[C@]1(CNC1CCN(/C=C/C2CCC(N3CCC(c4ccc5c(N6CCC(=O)NC6=O)nn(C)c5c4)CC3)CC2)CC1)c1ccccc1. The van der Waals surface area contributed by atoms with Gasteiger partial charge in [-0.2, -0.15) is 5.10 Å². The molecule has 17 heteroatoms. The minimum Gasteiger partial charge on any atom is -0.488 e. The number of fused-ring (bicyclic) bond motifs is 2. The largest absolute Gasteiger partial charge is 0.488 e. The number of anilines is 1. The molecule has 4 aromatic carbocycles. The summed E-state index contributed by atoms with van der Waals surface area (Å²) in [4.78, 5) is 43.8. The maximum Gasteiger partial charge on any atom is 0.329 e. The van der Waals surface area contributed by atoms with Crippen LogP contribution in [-0.4, -0.2) is 107 Å². The van der Waals surface area contributed by atoms with E-state index >= 15 is 8.78 Å². The van der Waals surface area contributed by atoms with Crippen LogP contribution in [0.4, 0.5) is 19.4 Å². The Morgan fingerprint density at radius 1 is 0.972 bits per heavy atom. The third-order valence-electron chi connectivity index (χ3n) is 16.1. The average molecular weight is 1010 g/mol. The number of aliphatic hydroxyl groups excluding tert-OH is 1. The molecule has 4 amide bonds. The molecule has 1 saturated carbocycles. The Hall–Kier alpha value is -6.07. The number of rotatable bonds is 14. The van der Waals surface area contributed by atoms with Crippen molar-refractivity contribution in [1.29, 1.82) is 0 Å². The number of piperidine rings is 2. The summed E-state index contributed by atoms with van der Waals surface area (Å²) < 4.78 is 46.5. The normalized spacial score (nSPS) is 23.4. The van der Waals surface area contributed by atoms with E-state index in [9.17, 15) is 19.5 Å². The van der Waals surface area contributed by atoms with Crippen LogP contribution in [0.25, 0.3) is 22.0 Å². The molecule has 5 aromatic rings. The second-order valence-corrected chi connectivity index (χ2v) is 20.5. The zero-order chi connectivity index (χ0) is 50.3. The number of halogens is 3. The second-order valence-electron chi connectivity index (χ2n) is 20.2. The highest BCUT2D eigenvalue weighted by Gasteiger charge is 2.50. The summed E-state index contributed by atoms with van der Waals surface area (Å²) in [5, 5.41) is 20.8. The highest BCUT2D eigenvalue weighted by Crippen LogP contribution is 2.56. The summed E-state index contributed by atoms with van der Waals surface area (Å²) in [6.45, 7) is 6.04. The van der Waals surface area contributed by atoms with Gasteiger partial charge in [-0.15, -0.1) is 0 Å². The number of primary amides is 1. The van der Waals surface area contributed by atoms with Gasteiger partial charge in [0.25, 0.3) is 0 Å². The molecule has 14 nitrogen and oxygen atoms in total. The number of nitrogens with zero attached hydrogens (tertiary/aromatic N) is 5. The molecule has 1 aromatic heterocycles. The fourth-order valence-electron chi connectivity index (χ4n) is 12.0. The van der Waals surface area contributed by atoms with Crippen LogP contribution in [-0.2, 0) is 17.4 Å². The molecular formula is C55H63ClF2N8O6. The number of carbonyl (C=O) groups excluding carboxylic acids is 3. The number of imide groups is 1. The molecular weight excluding hydrogens is 942 g/mol. The molecule has 1 aliphatic carbocycles. The van der Waals surface area contributed by atoms with Crippen molar-refractivity contribution in [1.82, 2.24) is 30.2 Å². The average Bonchev–Trinajstić information content (AvgIpc) is 3.87. The Balaban J connectivity index is 0.733. The van der Waals surface area contributed by atoms with E-state index in [4.69, 9.17) is 26.8 Å². The van der Waals surface area contributed by atoms with Crippen molar-refractivity contribution in [2.45, 2.75) is 94.2 Å². The lowest BCUT2D eigenvalue weighted by atomic mass is 9.77. The van der Waals surface area contributed by atoms with Gasteiger partial charge >= 0.3 is 6.03 Å². The van der Waals surface area contributed by atoms with Crippen molar-refractivity contribution < 1.29 is 37.7 Å². The lowest BCUT2D eigenvalue weighted by Crippen LogP contribution is -2.49. The number of aryl methyl sites for hydroxylation is 1. The van der Waals surface area contributed by atoms with E-state index in [1.54, 1.807) is 4.90 Å². The monoisotopic (exact) mass is 1000 g/mol. The third-order valence-corrected chi connectivity index (χ3v) is 16.4. The van der Waals surface area contributed by atoms with E-state index < -0.39 is 35.1 Å². The Kier molecular flexibility index (Phi) is 14.3. The van der Waals surface area contributed by atoms with Gasteiger partial charge in [0, 0.05) is 85.8 Å². The highest BCUT2D eigenvalue weighted by atomic mass is 35.5. The molecule has 0 unspecified atom stereocenters. The molecule has 0 spiro atoms. The van der Waals surface area contributed by atoms with E-state index in [2.05, 4.69) is 56.0 Å². The molecule has 2 atom stereocenters. The van der Waals surface area contributed by atoms with Gasteiger partial charge in [-0.05, 0) is 118 Å². The van der Waals surface area contributed by atoms with Crippen molar-refractivity contribution in [2.75, 3.05) is 57.4 Å². The Morgan fingerprint density at radius 3 is 2.43 bits per heavy atom. The zero-order valence-corrected chi connectivity index (χ0v) is 41.6. The number of benzene rings is 4. The van der Waals surface area contributed by atoms with Crippen LogP contribution in [0.1, 0.15) is 104 Å². The maximum absolute atomic E-state index is 16.5. The number of nitrogens with two attached hydrogens (primary N) is 1. The smallest absolute Gasteiger partial charge is 0.329 e. The van der Waals surface area contributed by atoms with Crippen LogP contribution >= 0.6 is 11.6 Å². The first kappa shape index (κ1) is 49.5. The van der Waals surface area contributed by atoms with Gasteiger partial charge in [-0.3, -0.25) is 24.5 Å². The van der Waals surface area contributed by atoms with Gasteiger partial charge in [-0.1, -0.05) is 61.0 Å². The predicted molar refractivity (Wildman–Crippen MR) is 272 cm³/mol. The van der Waals surface area contributed by atoms with Crippen molar-refractivity contribution in [2.24, 2.45) is 18.7 Å². The standard InChI is InChI=1S/C55H63ClF2N8O6/c1-33-47-45(31-42(57)50(56)49(47)48-41(52(59)69)14-15-44(51(48)58)71-29-28-67)72-55(33,37-6-4-3-5-7-37)32-60-38-19-23-64(24-20-38)22-16-34-8-11-39(12-9-34)65-25-17-35(18-26-65)36-10-13-40-43(30-36)63(2)62-53(40)66-27-21-46(68)61-54(66)70/h3-7,10,13-16,22,30-31,33-35,38-39,60,67H,8-9,11-12,17-21,23-29,32H2,1-2H3,(H2,59,69)(H,61,68,70)/b22-16+/t33-,34?,39?,55-/m0/s1. The Bertz CT molecular complexity index is 2880. The van der Waals surface area contributed by atoms with Crippen molar-refractivity contribution in [3.8, 4) is 22.6 Å². The molecule has 0 radical (unpaired) electrons. The second kappa shape index (κ2) is 20.8. The fraction of sp³-hybridized carbons (Fsp3) is 0.455. The first-order valence-corrected chi connectivity index (χ1v) is 25.8. The molecule has 4 aliphatic heterocycles. The number of hydrogen-bond donors (Lipinski definition) is 4. The van der Waals surface area contributed by atoms with E-state index in [-0.39, 0.29) is 64.8 Å². The van der Waals surface area contributed by atoms with E-state index in [0.29, 0.717) is 42.3 Å². The van der Waals surface area contributed by atoms with Gasteiger partial charge in [0.2, 0.25) is 11.8 Å². The van der Waals surface area contributed by atoms with Crippen LogP contribution in [0.15, 0.2) is 79.0 Å². The number of likely N-dealkylation sites (tertiary alicyclic amines) is 2. The number of urea groups is 1. The van der Waals surface area contributed by atoms with Crippen LogP contribution in [0, 0.1) is 17.6 Å². The molecule has 5 aliphatic rings. The van der Waals surface area contributed by atoms with E-state index in [1.807, 2.05) is 49.0 Å². The van der Waals surface area contributed by atoms with Gasteiger partial charge in [0.1, 0.15) is 18.2 Å². The van der Waals surface area contributed by atoms with Gasteiger partial charge < -0.3 is 35.4 Å². The number of hydrogen-bond acceptors (Lipinski definition) is 10. The van der Waals surface area contributed by atoms with Crippen LogP contribution in [0.3, 0.4) is 0 Å². The number of nitrogens with one attached hydrogen (secondary N) is 2. The van der Waals surface area contributed by atoms with Crippen LogP contribution in [0.5, 0.6) is 11.5 Å². The topological polar surface area (TPSA) is 168 Å². The summed E-state index contributed by atoms with van der Waals surface area (Å²) >= 11 is 6.73. The first-order chi connectivity index (χ1) is 34.8. The minimum absolute atomic E-state index is 0.0207. The molecule has 3 saturated heterocycles. The third kappa shape index (κ3) is 9.54. The summed E-state index contributed by atoms with van der Waals surface area (Å²) in [6, 6.07) is 20.4. The van der Waals surface area contributed by atoms with Gasteiger partial charge in [-0.25, -0.2) is 13.6 Å². The highest BCUT2D eigenvalue weighted by molar-refractivity contribution is 6.34. The number of ether oxygens (including phenoxy) is 2. The van der Waals surface area contributed by atoms with Crippen LogP contribution < -0.4 is 30.7 Å². The quantitative estimate of drug-likeness (QED) is 0.0848. The summed E-state index contributed by atoms with van der Waals surface area (Å²) in [5.74, 6) is -1.88. The zero-order valence-electron chi connectivity index (χ0n) is 40.8. The number of carbonyl (C=O) groups is 3. The summed E-state index contributed by atoms with van der Waals surface area (Å²) in [6.07, 6.45) is 13.8. The number of aliphatic hydroxyl groups is 1. The fourth-order valence-corrected chi connectivity index (χ4v) is 12.3. The Labute approximate surface area is 423 Å². The lowest BCUT2D eigenvalue weighted by Gasteiger charge is -2.41. The molecule has 5 N–H and O–H groups in total. The summed E-state index contributed by atoms with van der Waals surface area (Å²) in [5.41, 5.74) is 7.84. The van der Waals surface area contributed by atoms with Crippen molar-refractivity contribution in [3.05, 3.63) is 118 Å². The minimum atomic E-state index is -1.05. The maximum atomic E-state index is 16.5. The molecule has 380 valence electrons. The van der Waals surface area contributed by atoms with Crippen molar-refractivity contribution >= 4 is 46.2 Å². The summed E-state index contributed by atoms with van der Waals surface area (Å²) in [7, 11) is 1.91. The van der Waals surface area contributed by atoms with E-state index in [1.165, 1.54) is 49.4 Å². The number of aromatic nitrogens is 2. The first-order valence-electron chi connectivity index (χ1n) is 25.4. The van der Waals surface area contributed by atoms with Crippen molar-refractivity contribution in [3.63, 3.8) is 0 Å². The molecule has 10 rings (SSSR count). The van der Waals surface area contributed by atoms with Crippen LogP contribution in [0.2, 0.25) is 5.02 Å². The van der Waals surface area contributed by atoms with Gasteiger partial charge in [0.05, 0.1) is 22.7 Å². The van der Waals surface area contributed by atoms with E-state index in [0.717, 1.165) is 68.3 Å². The molecule has 5 heterocycles. The number of allylic oxidation sites excluding steroid dienone is 1. The molecule has 4 fully saturated rings. The lowest BCUT2D eigenvalue weighted by molar-refractivity contribution is -0.120. The number of amides is 4. The molecule has 72 heavy (non-hydrogen) atoms. The predicted octanol–water partition coefficient (Wildman–Crippen LogP) is 8.49. The Morgan fingerprint density at radius 2 is 1.72 bits per heavy atom. The van der Waals surface area contributed by atoms with Gasteiger partial charge in [0.15, 0.2) is 23.0 Å². The molecule has 0 bridgehead atoms.